The number of rotatable bonds is 8. The van der Waals surface area contributed by atoms with Crippen LogP contribution in [0.15, 0.2) is 79.1 Å². The maximum absolute atomic E-state index is 13.3. The van der Waals surface area contributed by atoms with Gasteiger partial charge in [0.05, 0.1) is 6.42 Å². The molecule has 1 saturated heterocycles. The van der Waals surface area contributed by atoms with Gasteiger partial charge in [0.2, 0.25) is 11.8 Å². The molecule has 4 rings (SSSR count). The van der Waals surface area contributed by atoms with Crippen molar-refractivity contribution in [1.29, 1.82) is 0 Å². The molecule has 0 unspecified atom stereocenters. The van der Waals surface area contributed by atoms with E-state index in [-0.39, 0.29) is 42.5 Å². The van der Waals surface area contributed by atoms with E-state index in [0.717, 1.165) is 11.1 Å². The molecule has 0 bridgehead atoms. The fourth-order valence-corrected chi connectivity index (χ4v) is 4.39. The number of amides is 2. The van der Waals surface area contributed by atoms with Crippen molar-refractivity contribution < 1.29 is 18.7 Å². The fourth-order valence-electron chi connectivity index (χ4n) is 4.39. The number of aromatic nitrogens is 1. The number of nitrogens with zero attached hydrogens (tertiary/aromatic N) is 3. The van der Waals surface area contributed by atoms with Gasteiger partial charge >= 0.3 is 0 Å². The number of ether oxygens (including phenoxy) is 1. The Hall–Kier alpha value is -3.74. The average molecular weight is 476 g/mol. The molecule has 0 saturated carbocycles. The fraction of sp³-hybridized carbons (Fsp3) is 0.321. The van der Waals surface area contributed by atoms with Crippen LogP contribution in [0.4, 0.5) is 4.39 Å². The Labute approximate surface area is 205 Å². The molecule has 2 atom stereocenters. The highest BCUT2D eigenvalue weighted by molar-refractivity contribution is 5.79. The highest BCUT2D eigenvalue weighted by atomic mass is 19.1. The lowest BCUT2D eigenvalue weighted by molar-refractivity contribution is -0.138. The third-order valence-electron chi connectivity index (χ3n) is 6.32. The average Bonchev–Trinajstić information content (AvgIpc) is 2.87. The van der Waals surface area contributed by atoms with Gasteiger partial charge in [0.15, 0.2) is 0 Å². The van der Waals surface area contributed by atoms with Crippen molar-refractivity contribution >= 4 is 11.8 Å². The molecule has 1 aliphatic heterocycles. The van der Waals surface area contributed by atoms with Crippen molar-refractivity contribution in [1.82, 2.24) is 14.8 Å². The molecule has 0 N–H and O–H groups in total. The number of piperidine rings is 1. The number of pyridine rings is 1. The zero-order valence-corrected chi connectivity index (χ0v) is 19.8. The first-order chi connectivity index (χ1) is 17.0. The molecule has 7 heteroatoms. The van der Waals surface area contributed by atoms with Crippen LogP contribution in [0.1, 0.15) is 24.0 Å². The zero-order chi connectivity index (χ0) is 24.6. The van der Waals surface area contributed by atoms with E-state index in [1.165, 1.54) is 12.1 Å². The molecule has 182 valence electrons. The Morgan fingerprint density at radius 1 is 1.06 bits per heavy atom. The predicted molar refractivity (Wildman–Crippen MR) is 131 cm³/mol. The van der Waals surface area contributed by atoms with E-state index in [1.54, 1.807) is 36.5 Å². The summed E-state index contributed by atoms with van der Waals surface area (Å²) in [6.45, 7) is 1.48. The lowest BCUT2D eigenvalue weighted by Crippen LogP contribution is -2.49. The summed E-state index contributed by atoms with van der Waals surface area (Å²) in [4.78, 5) is 33.7. The summed E-state index contributed by atoms with van der Waals surface area (Å²) >= 11 is 0. The molecule has 0 radical (unpaired) electrons. The molecule has 35 heavy (non-hydrogen) atoms. The van der Waals surface area contributed by atoms with Crippen LogP contribution in [0.25, 0.3) is 0 Å². The van der Waals surface area contributed by atoms with E-state index in [1.807, 2.05) is 47.4 Å². The van der Waals surface area contributed by atoms with Gasteiger partial charge in [-0.25, -0.2) is 4.39 Å². The SMILES string of the molecule is CN(Cc1ccccc1)C(=O)C[C@H]1CN(C(=O)Cc2cccnc2)CC[C@@H]1Oc1ccc(F)cc1. The van der Waals surface area contributed by atoms with E-state index in [0.29, 0.717) is 31.8 Å². The van der Waals surface area contributed by atoms with Gasteiger partial charge in [-0.15, -0.1) is 0 Å². The van der Waals surface area contributed by atoms with Crippen LogP contribution < -0.4 is 4.74 Å². The monoisotopic (exact) mass is 475 g/mol. The second-order valence-electron chi connectivity index (χ2n) is 8.98. The lowest BCUT2D eigenvalue weighted by Gasteiger charge is -2.39. The number of halogens is 1. The second kappa shape index (κ2) is 11.6. The van der Waals surface area contributed by atoms with Crippen LogP contribution in [0.2, 0.25) is 0 Å². The quantitative estimate of drug-likeness (QED) is 0.492. The maximum atomic E-state index is 13.3. The van der Waals surface area contributed by atoms with Crippen LogP contribution >= 0.6 is 0 Å². The van der Waals surface area contributed by atoms with Crippen LogP contribution in [0, 0.1) is 11.7 Å². The summed E-state index contributed by atoms with van der Waals surface area (Å²) in [5.74, 6) is 0.0443. The van der Waals surface area contributed by atoms with Gasteiger partial charge < -0.3 is 14.5 Å². The van der Waals surface area contributed by atoms with Crippen molar-refractivity contribution in [2.45, 2.75) is 31.9 Å². The molecule has 2 aromatic carbocycles. The van der Waals surface area contributed by atoms with Crippen LogP contribution in [-0.2, 0) is 22.6 Å². The van der Waals surface area contributed by atoms with Gasteiger partial charge in [0.1, 0.15) is 17.7 Å². The first kappa shape index (κ1) is 24.4. The Bertz CT molecular complexity index is 1110. The highest BCUT2D eigenvalue weighted by Gasteiger charge is 2.35. The van der Waals surface area contributed by atoms with Gasteiger partial charge in [0, 0.05) is 57.8 Å². The standard InChI is InChI=1S/C28H30FN3O3/c1-31(19-21-6-3-2-4-7-21)27(33)17-23-20-32(28(34)16-22-8-5-14-30-18-22)15-13-26(23)35-25-11-9-24(29)10-12-25/h2-12,14,18,23,26H,13,15-17,19-20H2,1H3/t23-,26-/m0/s1. The molecule has 1 fully saturated rings. The van der Waals surface area contributed by atoms with E-state index in [9.17, 15) is 14.0 Å². The van der Waals surface area contributed by atoms with Gasteiger partial charge in [-0.05, 0) is 41.5 Å². The summed E-state index contributed by atoms with van der Waals surface area (Å²) in [6, 6.07) is 19.4. The molecule has 1 aliphatic rings. The maximum Gasteiger partial charge on any atom is 0.227 e. The molecule has 0 spiro atoms. The first-order valence-corrected chi connectivity index (χ1v) is 11.8. The van der Waals surface area contributed by atoms with Crippen molar-refractivity contribution in [3.8, 4) is 5.75 Å². The van der Waals surface area contributed by atoms with Gasteiger partial charge in [0.25, 0.3) is 0 Å². The first-order valence-electron chi connectivity index (χ1n) is 11.8. The Balaban J connectivity index is 1.44. The molecule has 6 nitrogen and oxygen atoms in total. The zero-order valence-electron chi connectivity index (χ0n) is 19.8. The summed E-state index contributed by atoms with van der Waals surface area (Å²) in [5, 5.41) is 0. The number of hydrogen-bond acceptors (Lipinski definition) is 4. The van der Waals surface area contributed by atoms with Crippen molar-refractivity contribution in [3.63, 3.8) is 0 Å². The minimum Gasteiger partial charge on any atom is -0.490 e. The normalized spacial score (nSPS) is 17.6. The predicted octanol–water partition coefficient (Wildman–Crippen LogP) is 4.11. The second-order valence-corrected chi connectivity index (χ2v) is 8.98. The molecule has 2 amide bonds. The van der Waals surface area contributed by atoms with Crippen LogP contribution in [0.5, 0.6) is 5.75 Å². The number of benzene rings is 2. The Kier molecular flexibility index (Phi) is 8.08. The molecule has 1 aromatic heterocycles. The molecular formula is C28H30FN3O3. The third kappa shape index (κ3) is 6.88. The van der Waals surface area contributed by atoms with Gasteiger partial charge in [-0.2, -0.15) is 0 Å². The van der Waals surface area contributed by atoms with Crippen LogP contribution in [-0.4, -0.2) is 52.8 Å². The third-order valence-corrected chi connectivity index (χ3v) is 6.32. The molecule has 2 heterocycles. The minimum atomic E-state index is -0.331. The minimum absolute atomic E-state index is 0.00637. The number of likely N-dealkylation sites (tertiary alicyclic amines) is 1. The smallest absolute Gasteiger partial charge is 0.227 e. The number of hydrogen-bond donors (Lipinski definition) is 0. The Morgan fingerprint density at radius 3 is 2.51 bits per heavy atom. The summed E-state index contributed by atoms with van der Waals surface area (Å²) in [6.07, 6.45) is 4.24. The van der Waals surface area contributed by atoms with Crippen molar-refractivity contribution in [2.24, 2.45) is 5.92 Å². The molecule has 0 aliphatic carbocycles. The Morgan fingerprint density at radius 2 is 1.80 bits per heavy atom. The number of carbonyl (C=O) groups is 2. The lowest BCUT2D eigenvalue weighted by atomic mass is 9.90. The van der Waals surface area contributed by atoms with E-state index >= 15 is 0 Å². The van der Waals surface area contributed by atoms with E-state index < -0.39 is 0 Å². The summed E-state index contributed by atoms with van der Waals surface area (Å²) < 4.78 is 19.5. The molecule has 3 aromatic rings. The highest BCUT2D eigenvalue weighted by Crippen LogP contribution is 2.27. The topological polar surface area (TPSA) is 62.7 Å². The van der Waals surface area contributed by atoms with Gasteiger partial charge in [-0.1, -0.05) is 36.4 Å². The van der Waals surface area contributed by atoms with Gasteiger partial charge in [-0.3, -0.25) is 14.6 Å². The largest absolute Gasteiger partial charge is 0.490 e. The van der Waals surface area contributed by atoms with Crippen molar-refractivity contribution in [2.75, 3.05) is 20.1 Å². The number of carbonyl (C=O) groups excluding carboxylic acids is 2. The van der Waals surface area contributed by atoms with E-state index in [2.05, 4.69) is 4.98 Å². The van der Waals surface area contributed by atoms with Crippen LogP contribution in [0.3, 0.4) is 0 Å². The summed E-state index contributed by atoms with van der Waals surface area (Å²) in [7, 11) is 1.79. The summed E-state index contributed by atoms with van der Waals surface area (Å²) in [5.41, 5.74) is 1.91. The molecular weight excluding hydrogens is 445 g/mol. The van der Waals surface area contributed by atoms with E-state index in [4.69, 9.17) is 4.74 Å². The van der Waals surface area contributed by atoms with Crippen molar-refractivity contribution in [3.05, 3.63) is 96.1 Å².